The summed E-state index contributed by atoms with van der Waals surface area (Å²) in [4.78, 5) is 14.9. The van der Waals surface area contributed by atoms with Crippen LogP contribution in [0.1, 0.15) is 37.4 Å². The lowest BCUT2D eigenvalue weighted by Crippen LogP contribution is -2.44. The predicted octanol–water partition coefficient (Wildman–Crippen LogP) is 4.17. The molecule has 0 radical (unpaired) electrons. The second kappa shape index (κ2) is 12.2. The minimum Gasteiger partial charge on any atom is -0.373 e. The van der Waals surface area contributed by atoms with Gasteiger partial charge in [0.15, 0.2) is 0 Å². The van der Waals surface area contributed by atoms with Gasteiger partial charge in [-0.3, -0.25) is 9.69 Å². The Hall–Kier alpha value is -1.63. The third kappa shape index (κ3) is 7.61. The lowest BCUT2D eigenvalue weighted by atomic mass is 10.0. The number of carbonyl (C=O) groups is 1. The van der Waals surface area contributed by atoms with E-state index in [1.807, 2.05) is 48.5 Å². The van der Waals surface area contributed by atoms with Crippen LogP contribution in [0.5, 0.6) is 0 Å². The molecular formula is C22H31Cl2N3O2. The first-order chi connectivity index (χ1) is 13.0. The fourth-order valence-electron chi connectivity index (χ4n) is 3.65. The lowest BCUT2D eigenvalue weighted by molar-refractivity contribution is -0.116. The predicted molar refractivity (Wildman–Crippen MR) is 123 cm³/mol. The molecule has 5 nitrogen and oxygen atoms in total. The Labute approximate surface area is 185 Å². The maximum absolute atomic E-state index is 12.5. The van der Waals surface area contributed by atoms with E-state index < -0.39 is 0 Å². The zero-order valence-corrected chi connectivity index (χ0v) is 18.5. The number of benzene rings is 2. The van der Waals surface area contributed by atoms with Crippen LogP contribution in [0.2, 0.25) is 0 Å². The number of halogens is 2. The van der Waals surface area contributed by atoms with E-state index in [-0.39, 0.29) is 55.4 Å². The van der Waals surface area contributed by atoms with E-state index in [9.17, 15) is 4.79 Å². The van der Waals surface area contributed by atoms with Gasteiger partial charge in [-0.2, -0.15) is 0 Å². The van der Waals surface area contributed by atoms with Crippen molar-refractivity contribution in [2.75, 3.05) is 18.4 Å². The molecule has 0 spiro atoms. The number of nitrogens with one attached hydrogen (secondary N) is 1. The number of para-hydroxylation sites is 1. The van der Waals surface area contributed by atoms with Gasteiger partial charge in [0.25, 0.3) is 0 Å². The second-order valence-corrected chi connectivity index (χ2v) is 7.38. The third-order valence-electron chi connectivity index (χ3n) is 4.81. The van der Waals surface area contributed by atoms with Gasteiger partial charge in [-0.1, -0.05) is 48.5 Å². The highest BCUT2D eigenvalue weighted by Crippen LogP contribution is 2.21. The number of nitrogens with two attached hydrogens (primary N) is 1. The average molecular weight is 440 g/mol. The molecular weight excluding hydrogens is 409 g/mol. The molecule has 3 rings (SSSR count). The van der Waals surface area contributed by atoms with Crippen LogP contribution >= 0.6 is 24.8 Å². The molecule has 160 valence electrons. The zero-order chi connectivity index (χ0) is 19.2. The van der Waals surface area contributed by atoms with Crippen molar-refractivity contribution in [3.63, 3.8) is 0 Å². The fourth-order valence-corrected chi connectivity index (χ4v) is 3.65. The number of morpholine rings is 1. The normalized spacial score (nSPS) is 20.1. The molecule has 0 aliphatic carbocycles. The van der Waals surface area contributed by atoms with Crippen molar-refractivity contribution < 1.29 is 9.53 Å². The van der Waals surface area contributed by atoms with Gasteiger partial charge in [0.1, 0.15) is 0 Å². The standard InChI is InChI=1S/C22H29N3O2.2ClH/c1-16-13-25(14-17(2)27-16)15-19-10-6-7-11-21(19)24-22(26)12-20(23)18-8-4-3-5-9-18;;/h3-11,16-17,20H,12-15,23H2,1-2H3,(H,24,26);2*1H. The smallest absolute Gasteiger partial charge is 0.226 e. The molecule has 2 aromatic rings. The van der Waals surface area contributed by atoms with Crippen molar-refractivity contribution in [3.8, 4) is 0 Å². The van der Waals surface area contributed by atoms with Gasteiger partial charge in [0, 0.05) is 37.8 Å². The van der Waals surface area contributed by atoms with E-state index in [0.29, 0.717) is 0 Å². The summed E-state index contributed by atoms with van der Waals surface area (Å²) in [6.07, 6.45) is 0.697. The Kier molecular flexibility index (Phi) is 10.6. The molecule has 1 aliphatic rings. The molecule has 1 heterocycles. The fraction of sp³-hybridized carbons (Fsp3) is 0.409. The molecule has 2 aromatic carbocycles. The van der Waals surface area contributed by atoms with Crippen LogP contribution in [0.15, 0.2) is 54.6 Å². The van der Waals surface area contributed by atoms with Crippen LogP contribution in [0.25, 0.3) is 0 Å². The minimum absolute atomic E-state index is 0. The molecule has 3 N–H and O–H groups in total. The Morgan fingerprint density at radius 1 is 1.07 bits per heavy atom. The molecule has 0 bridgehead atoms. The van der Waals surface area contributed by atoms with Crippen molar-refractivity contribution in [1.82, 2.24) is 4.90 Å². The number of nitrogens with zero attached hydrogens (tertiary/aromatic N) is 1. The van der Waals surface area contributed by atoms with E-state index in [1.165, 1.54) is 0 Å². The topological polar surface area (TPSA) is 67.6 Å². The van der Waals surface area contributed by atoms with Gasteiger partial charge in [0.05, 0.1) is 12.2 Å². The number of hydrogen-bond acceptors (Lipinski definition) is 4. The molecule has 1 aliphatic heterocycles. The number of rotatable bonds is 6. The van der Waals surface area contributed by atoms with Crippen LogP contribution in [0.4, 0.5) is 5.69 Å². The van der Waals surface area contributed by atoms with Crippen molar-refractivity contribution in [3.05, 3.63) is 65.7 Å². The Bertz CT molecular complexity index is 751. The van der Waals surface area contributed by atoms with Crippen molar-refractivity contribution in [2.45, 2.75) is 45.1 Å². The quantitative estimate of drug-likeness (QED) is 0.708. The van der Waals surface area contributed by atoms with Gasteiger partial charge in [0.2, 0.25) is 5.91 Å². The number of hydrogen-bond donors (Lipinski definition) is 2. The lowest BCUT2D eigenvalue weighted by Gasteiger charge is -2.35. The summed E-state index contributed by atoms with van der Waals surface area (Å²) in [5, 5.41) is 3.05. The largest absolute Gasteiger partial charge is 0.373 e. The van der Waals surface area contributed by atoms with E-state index in [0.717, 1.165) is 36.4 Å². The number of amides is 1. The highest BCUT2D eigenvalue weighted by Gasteiger charge is 2.23. The highest BCUT2D eigenvalue weighted by molar-refractivity contribution is 5.92. The van der Waals surface area contributed by atoms with Gasteiger partial charge < -0.3 is 15.8 Å². The Morgan fingerprint density at radius 2 is 1.66 bits per heavy atom. The summed E-state index contributed by atoms with van der Waals surface area (Å²) in [7, 11) is 0. The SMILES string of the molecule is CC1CN(Cc2ccccc2NC(=O)CC(N)c2ccccc2)CC(C)O1.Cl.Cl. The monoisotopic (exact) mass is 439 g/mol. The van der Waals surface area contributed by atoms with Gasteiger partial charge in [-0.15, -0.1) is 24.8 Å². The van der Waals surface area contributed by atoms with Crippen LogP contribution in [-0.2, 0) is 16.1 Å². The van der Waals surface area contributed by atoms with Gasteiger partial charge in [-0.05, 0) is 31.0 Å². The first-order valence-corrected chi connectivity index (χ1v) is 9.57. The van der Waals surface area contributed by atoms with Gasteiger partial charge >= 0.3 is 0 Å². The minimum atomic E-state index is -0.306. The summed E-state index contributed by atoms with van der Waals surface area (Å²) < 4.78 is 5.81. The van der Waals surface area contributed by atoms with E-state index >= 15 is 0 Å². The van der Waals surface area contributed by atoms with Crippen molar-refractivity contribution in [2.24, 2.45) is 5.73 Å². The van der Waals surface area contributed by atoms with Gasteiger partial charge in [-0.25, -0.2) is 0 Å². The van der Waals surface area contributed by atoms with E-state index in [2.05, 4.69) is 30.1 Å². The molecule has 3 atom stereocenters. The zero-order valence-electron chi connectivity index (χ0n) is 16.9. The van der Waals surface area contributed by atoms with Crippen molar-refractivity contribution in [1.29, 1.82) is 0 Å². The van der Waals surface area contributed by atoms with E-state index in [1.54, 1.807) is 0 Å². The molecule has 0 aromatic heterocycles. The maximum atomic E-state index is 12.5. The summed E-state index contributed by atoms with van der Waals surface area (Å²) in [5.74, 6) is -0.0671. The highest BCUT2D eigenvalue weighted by atomic mass is 35.5. The molecule has 3 unspecified atom stereocenters. The second-order valence-electron chi connectivity index (χ2n) is 7.38. The summed E-state index contributed by atoms with van der Waals surface area (Å²) >= 11 is 0. The molecule has 0 saturated carbocycles. The van der Waals surface area contributed by atoms with Crippen LogP contribution in [0.3, 0.4) is 0 Å². The summed E-state index contributed by atoms with van der Waals surface area (Å²) in [5.41, 5.74) is 9.12. The summed E-state index contributed by atoms with van der Waals surface area (Å²) in [6, 6.07) is 17.4. The number of anilines is 1. The molecule has 1 saturated heterocycles. The number of carbonyl (C=O) groups excluding carboxylic acids is 1. The van der Waals surface area contributed by atoms with Crippen LogP contribution in [0, 0.1) is 0 Å². The molecule has 29 heavy (non-hydrogen) atoms. The number of ether oxygens (including phenoxy) is 1. The Balaban J connectivity index is 0.00000210. The molecule has 7 heteroatoms. The van der Waals surface area contributed by atoms with Crippen LogP contribution in [-0.4, -0.2) is 36.1 Å². The molecule has 1 amide bonds. The average Bonchev–Trinajstić information content (AvgIpc) is 2.63. The molecule has 1 fully saturated rings. The van der Waals surface area contributed by atoms with Crippen LogP contribution < -0.4 is 11.1 Å². The third-order valence-corrected chi connectivity index (χ3v) is 4.81. The maximum Gasteiger partial charge on any atom is 0.226 e. The first kappa shape index (κ1) is 25.4. The first-order valence-electron chi connectivity index (χ1n) is 9.57. The van der Waals surface area contributed by atoms with E-state index in [4.69, 9.17) is 10.5 Å². The van der Waals surface area contributed by atoms with Crippen molar-refractivity contribution >= 4 is 36.4 Å². The summed E-state index contributed by atoms with van der Waals surface area (Å²) in [6.45, 7) is 6.78. The Morgan fingerprint density at radius 3 is 2.31 bits per heavy atom.